The molecular weight excluding hydrogens is 773 g/mol. The molecule has 1 unspecified atom stereocenters. The van der Waals surface area contributed by atoms with Gasteiger partial charge in [-0.15, -0.1) is 0 Å². The minimum Gasteiger partial charge on any atom is -0.456 e. The number of aryl methyl sites for hydroxylation is 1. The van der Waals surface area contributed by atoms with Crippen LogP contribution in [0.4, 0.5) is 0 Å². The van der Waals surface area contributed by atoms with E-state index in [1.165, 1.54) is 94.6 Å². The van der Waals surface area contributed by atoms with Crippen LogP contribution in [-0.2, 0) is 17.3 Å². The average Bonchev–Trinajstić information content (AvgIpc) is 3.91. The van der Waals surface area contributed by atoms with E-state index in [0.717, 1.165) is 34.8 Å². The van der Waals surface area contributed by atoms with Gasteiger partial charge < -0.3 is 4.42 Å². The molecule has 0 saturated heterocycles. The predicted molar refractivity (Wildman–Crippen MR) is 268 cm³/mol. The molecule has 1 nitrogen and oxygen atoms in total. The summed E-state index contributed by atoms with van der Waals surface area (Å²) in [5.41, 5.74) is 24.3. The van der Waals surface area contributed by atoms with Crippen LogP contribution in [0, 0.1) is 0 Å². The second-order valence-corrected chi connectivity index (χ2v) is 19.2. The van der Waals surface area contributed by atoms with Crippen LogP contribution < -0.4 is 0 Å². The summed E-state index contributed by atoms with van der Waals surface area (Å²) < 4.78 is 6.16. The van der Waals surface area contributed by atoms with Gasteiger partial charge in [0.05, 0.1) is 0 Å². The summed E-state index contributed by atoms with van der Waals surface area (Å²) in [4.78, 5) is 0. The molecule has 308 valence electrons. The van der Waals surface area contributed by atoms with Gasteiger partial charge in [-0.25, -0.2) is 0 Å². The zero-order chi connectivity index (χ0) is 43.2. The van der Waals surface area contributed by atoms with E-state index in [4.69, 9.17) is 4.42 Å². The number of hydrogen-bond donors (Lipinski definition) is 0. The fraction of sp³-hybridized carbons (Fsp3) is 0.143. The normalized spacial score (nSPS) is 14.6. The molecule has 9 aromatic carbocycles. The summed E-state index contributed by atoms with van der Waals surface area (Å²) in [6, 6.07) is 74.7. The molecule has 12 rings (SSSR count). The Labute approximate surface area is 376 Å². The van der Waals surface area contributed by atoms with Gasteiger partial charge >= 0.3 is 0 Å². The molecule has 64 heavy (non-hydrogen) atoms. The minimum atomic E-state index is -0.128. The number of hydrogen-bond acceptors (Lipinski definition) is 1. The van der Waals surface area contributed by atoms with Crippen molar-refractivity contribution in [2.75, 3.05) is 0 Å². The monoisotopic (exact) mass is 822 g/mol. The van der Waals surface area contributed by atoms with Crippen LogP contribution in [0.15, 0.2) is 205 Å². The third kappa shape index (κ3) is 6.21. The van der Waals surface area contributed by atoms with Crippen molar-refractivity contribution >= 4 is 21.9 Å². The molecule has 0 saturated carbocycles. The van der Waals surface area contributed by atoms with Gasteiger partial charge in [0.15, 0.2) is 0 Å². The largest absolute Gasteiger partial charge is 0.456 e. The second-order valence-electron chi connectivity index (χ2n) is 19.2. The SMILES string of the molecule is CC1(C)c2cc(CCC(c3ccc(-c4cccc(-c5ccccc5)c4)cc3)c3ccc4c(c3)C(C)(C)c3ccccc3-4)ccc2-c2ccc(-c3ccc4oc5ccccc5c4c3)cc21. The zero-order valence-corrected chi connectivity index (χ0v) is 37.0. The first kappa shape index (κ1) is 38.5. The first-order chi connectivity index (χ1) is 31.2. The van der Waals surface area contributed by atoms with Crippen LogP contribution in [0.5, 0.6) is 0 Å². The smallest absolute Gasteiger partial charge is 0.135 e. The molecule has 0 N–H and O–H groups in total. The molecule has 0 fully saturated rings. The van der Waals surface area contributed by atoms with Crippen molar-refractivity contribution in [1.29, 1.82) is 0 Å². The zero-order valence-electron chi connectivity index (χ0n) is 37.0. The highest BCUT2D eigenvalue weighted by Gasteiger charge is 2.37. The molecule has 1 aromatic heterocycles. The molecule has 0 amide bonds. The van der Waals surface area contributed by atoms with E-state index in [9.17, 15) is 0 Å². The summed E-state index contributed by atoms with van der Waals surface area (Å²) in [7, 11) is 0. The van der Waals surface area contributed by atoms with E-state index in [1.807, 2.05) is 6.07 Å². The van der Waals surface area contributed by atoms with Crippen molar-refractivity contribution in [3.8, 4) is 55.6 Å². The topological polar surface area (TPSA) is 13.1 Å². The summed E-state index contributed by atoms with van der Waals surface area (Å²) >= 11 is 0. The van der Waals surface area contributed by atoms with E-state index >= 15 is 0 Å². The Kier molecular flexibility index (Phi) is 8.82. The van der Waals surface area contributed by atoms with Crippen molar-refractivity contribution in [2.24, 2.45) is 0 Å². The second kappa shape index (κ2) is 14.7. The Morgan fingerprint density at radius 1 is 0.359 bits per heavy atom. The fourth-order valence-corrected chi connectivity index (χ4v) is 11.2. The highest BCUT2D eigenvalue weighted by molar-refractivity contribution is 6.06. The van der Waals surface area contributed by atoms with E-state index < -0.39 is 0 Å². The van der Waals surface area contributed by atoms with Gasteiger partial charge in [-0.2, -0.15) is 0 Å². The van der Waals surface area contributed by atoms with Crippen molar-refractivity contribution in [1.82, 2.24) is 0 Å². The third-order valence-corrected chi connectivity index (χ3v) is 14.8. The standard InChI is InChI=1S/C63H50O/c1-62(2)56-19-10-8-17-50(56)52-33-28-48(39-59(52)62)49(43-25-23-42(24-26-43)45-16-12-15-44(36-45)41-13-6-5-7-14-41)30-21-40-22-31-51-53-32-27-47(38-58(53)63(3,4)57(51)35-40)46-29-34-61-55(37-46)54-18-9-11-20-60(54)64-61/h5-20,22-29,31-39,49H,21,30H2,1-4H3. The molecule has 1 heterocycles. The Hall–Kier alpha value is -7.22. The van der Waals surface area contributed by atoms with Crippen LogP contribution in [0.3, 0.4) is 0 Å². The van der Waals surface area contributed by atoms with Gasteiger partial charge in [0, 0.05) is 27.5 Å². The summed E-state index contributed by atoms with van der Waals surface area (Å²) in [5.74, 6) is 0.236. The van der Waals surface area contributed by atoms with Crippen molar-refractivity contribution in [2.45, 2.75) is 57.3 Å². The van der Waals surface area contributed by atoms with Gasteiger partial charge in [0.2, 0.25) is 0 Å². The summed E-state index contributed by atoms with van der Waals surface area (Å²) in [6.45, 7) is 9.59. The molecule has 2 aliphatic rings. The number of rotatable bonds is 8. The third-order valence-electron chi connectivity index (χ3n) is 14.8. The van der Waals surface area contributed by atoms with Gasteiger partial charge in [0.1, 0.15) is 11.2 Å². The van der Waals surface area contributed by atoms with Crippen LogP contribution in [-0.4, -0.2) is 0 Å². The number of fused-ring (bicyclic) bond motifs is 9. The van der Waals surface area contributed by atoms with E-state index in [2.05, 4.69) is 222 Å². The van der Waals surface area contributed by atoms with Gasteiger partial charge in [-0.1, -0.05) is 198 Å². The van der Waals surface area contributed by atoms with E-state index in [0.29, 0.717) is 0 Å². The lowest BCUT2D eigenvalue weighted by atomic mass is 9.79. The van der Waals surface area contributed by atoms with Gasteiger partial charge in [-0.05, 0) is 138 Å². The predicted octanol–water partition coefficient (Wildman–Crippen LogP) is 17.0. The van der Waals surface area contributed by atoms with E-state index in [1.54, 1.807) is 0 Å². The lowest BCUT2D eigenvalue weighted by Gasteiger charge is -2.25. The highest BCUT2D eigenvalue weighted by Crippen LogP contribution is 2.52. The lowest BCUT2D eigenvalue weighted by Crippen LogP contribution is -2.16. The molecular formula is C63H50O. The summed E-state index contributed by atoms with van der Waals surface area (Å²) in [6.07, 6.45) is 1.99. The molecule has 1 atom stereocenters. The maximum Gasteiger partial charge on any atom is 0.135 e. The summed E-state index contributed by atoms with van der Waals surface area (Å²) in [5, 5.41) is 2.33. The van der Waals surface area contributed by atoms with Crippen LogP contribution in [0.2, 0.25) is 0 Å². The van der Waals surface area contributed by atoms with Crippen molar-refractivity contribution in [3.05, 3.63) is 239 Å². The average molecular weight is 823 g/mol. The van der Waals surface area contributed by atoms with Gasteiger partial charge in [-0.3, -0.25) is 0 Å². The lowest BCUT2D eigenvalue weighted by molar-refractivity contribution is 0.652. The Balaban J connectivity index is 0.867. The molecule has 0 bridgehead atoms. The molecule has 10 aromatic rings. The molecule has 2 aliphatic carbocycles. The van der Waals surface area contributed by atoms with Crippen molar-refractivity contribution in [3.63, 3.8) is 0 Å². The maximum absolute atomic E-state index is 6.16. The minimum absolute atomic E-state index is 0.0546. The Bertz CT molecular complexity index is 3430. The Morgan fingerprint density at radius 3 is 1.70 bits per heavy atom. The van der Waals surface area contributed by atoms with Crippen molar-refractivity contribution < 1.29 is 4.42 Å². The van der Waals surface area contributed by atoms with Gasteiger partial charge in [0.25, 0.3) is 0 Å². The number of benzene rings is 9. The van der Waals surface area contributed by atoms with Crippen LogP contribution >= 0.6 is 0 Å². The molecule has 0 aliphatic heterocycles. The molecule has 0 radical (unpaired) electrons. The first-order valence-electron chi connectivity index (χ1n) is 22.9. The number of para-hydroxylation sites is 1. The van der Waals surface area contributed by atoms with Crippen LogP contribution in [0.1, 0.15) is 79.0 Å². The Morgan fingerprint density at radius 2 is 0.891 bits per heavy atom. The quantitative estimate of drug-likeness (QED) is 0.149. The fourth-order valence-electron chi connectivity index (χ4n) is 11.2. The molecule has 0 spiro atoms. The molecule has 1 heteroatoms. The van der Waals surface area contributed by atoms with Crippen LogP contribution in [0.25, 0.3) is 77.6 Å². The first-order valence-corrected chi connectivity index (χ1v) is 22.9. The maximum atomic E-state index is 6.16. The number of furan rings is 1. The highest BCUT2D eigenvalue weighted by atomic mass is 16.3. The van der Waals surface area contributed by atoms with E-state index in [-0.39, 0.29) is 16.7 Å².